The number of nitrogens with one attached hydrogen (secondary N) is 2. The van der Waals surface area contributed by atoms with Crippen molar-refractivity contribution in [1.29, 1.82) is 0 Å². The summed E-state index contributed by atoms with van der Waals surface area (Å²) in [5.74, 6) is -1.47. The molecule has 4 aromatic rings. The SMILES string of the molecule is C=C(C(=O)NCc1ccccc1)C(C)N1CC2(COC2)C1.CCN1C(=O)C(NC(=O)c2nccc(C(F)(F)F)n2)Cc2cnn(-c3ccccc3)c21. The van der Waals surface area contributed by atoms with Gasteiger partial charge in [-0.2, -0.15) is 18.3 Å². The highest BCUT2D eigenvalue weighted by Gasteiger charge is 2.50. The van der Waals surface area contributed by atoms with Crippen molar-refractivity contribution >= 4 is 23.5 Å². The standard InChI is InChI=1S/C20H17F3N6O2.C17H22N2O2/c1-2-28-18-12(11-25-29(18)13-6-4-3-5-7-13)10-14(19(28)31)26-17(30)16-24-9-8-15(27-16)20(21,22)23;1-13(14(2)19-9-17(10-19)11-21-12-17)16(20)18-8-15-6-4-3-5-7-15/h3-9,11,14H,2,10H2,1H3,(H,26,30);3-7,14H,1,8-12H2,2H3,(H,18,20). The molecule has 0 bridgehead atoms. The van der Waals surface area contributed by atoms with E-state index < -0.39 is 35.6 Å². The highest BCUT2D eigenvalue weighted by atomic mass is 19.4. The molecule has 2 N–H and O–H groups in total. The lowest BCUT2D eigenvalue weighted by molar-refractivity contribution is -0.194. The molecule has 2 fully saturated rings. The van der Waals surface area contributed by atoms with Crippen LogP contribution in [-0.2, 0) is 33.5 Å². The molecule has 1 spiro atoms. The van der Waals surface area contributed by atoms with E-state index in [0.717, 1.165) is 49.3 Å². The number of rotatable bonds is 9. The van der Waals surface area contributed by atoms with Crippen LogP contribution in [0.5, 0.6) is 0 Å². The zero-order valence-electron chi connectivity index (χ0n) is 28.8. The number of aromatic nitrogens is 4. The first kappa shape index (κ1) is 36.4. The number of likely N-dealkylation sites (N-methyl/N-ethyl adjacent to an activating group) is 1. The predicted molar refractivity (Wildman–Crippen MR) is 185 cm³/mol. The van der Waals surface area contributed by atoms with Crippen molar-refractivity contribution in [3.63, 3.8) is 0 Å². The van der Waals surface area contributed by atoms with Crippen LogP contribution in [-0.4, -0.2) is 87.3 Å². The Labute approximate surface area is 298 Å². The minimum absolute atomic E-state index is 0.0582. The second kappa shape index (κ2) is 15.1. The van der Waals surface area contributed by atoms with Crippen molar-refractivity contribution in [3.8, 4) is 5.69 Å². The third kappa shape index (κ3) is 7.75. The van der Waals surface area contributed by atoms with E-state index in [2.05, 4.69) is 44.1 Å². The molecule has 272 valence electrons. The van der Waals surface area contributed by atoms with Gasteiger partial charge in [0.2, 0.25) is 11.7 Å². The summed E-state index contributed by atoms with van der Waals surface area (Å²) in [6.07, 6.45) is -2.11. The summed E-state index contributed by atoms with van der Waals surface area (Å²) < 4.78 is 45.5. The Kier molecular flexibility index (Phi) is 10.5. The van der Waals surface area contributed by atoms with Crippen molar-refractivity contribution in [2.45, 2.75) is 45.1 Å². The number of alkyl halides is 3. The maximum atomic E-state index is 13.0. The fourth-order valence-corrected chi connectivity index (χ4v) is 6.40. The van der Waals surface area contributed by atoms with Crippen LogP contribution in [0.25, 0.3) is 5.69 Å². The fourth-order valence-electron chi connectivity index (χ4n) is 6.40. The molecule has 2 aromatic heterocycles. The Bertz CT molecular complexity index is 1920. The molecular formula is C37H39F3N8O4. The second-order valence-electron chi connectivity index (χ2n) is 13.1. The van der Waals surface area contributed by atoms with Gasteiger partial charge in [-0.3, -0.25) is 24.2 Å². The van der Waals surface area contributed by atoms with E-state index in [1.165, 1.54) is 4.90 Å². The average molecular weight is 717 g/mol. The van der Waals surface area contributed by atoms with Crippen molar-refractivity contribution in [1.82, 2.24) is 35.3 Å². The third-order valence-corrected chi connectivity index (χ3v) is 9.37. The van der Waals surface area contributed by atoms with Gasteiger partial charge in [0.15, 0.2) is 0 Å². The topological polar surface area (TPSA) is 135 Å². The van der Waals surface area contributed by atoms with Crippen LogP contribution in [0.3, 0.4) is 0 Å². The summed E-state index contributed by atoms with van der Waals surface area (Å²) in [5.41, 5.74) is 2.37. The minimum Gasteiger partial charge on any atom is -0.380 e. The first-order valence-corrected chi connectivity index (χ1v) is 16.9. The van der Waals surface area contributed by atoms with Crippen LogP contribution in [0, 0.1) is 5.41 Å². The molecule has 3 amide bonds. The van der Waals surface area contributed by atoms with Crippen LogP contribution < -0.4 is 15.5 Å². The van der Waals surface area contributed by atoms with Gasteiger partial charge < -0.3 is 15.4 Å². The largest absolute Gasteiger partial charge is 0.433 e. The third-order valence-electron chi connectivity index (χ3n) is 9.37. The number of hydrogen-bond donors (Lipinski definition) is 2. The van der Waals surface area contributed by atoms with Gasteiger partial charge in [0.1, 0.15) is 17.6 Å². The summed E-state index contributed by atoms with van der Waals surface area (Å²) in [6, 6.07) is 19.0. The Balaban J connectivity index is 0.000000192. The van der Waals surface area contributed by atoms with Gasteiger partial charge in [-0.1, -0.05) is 55.1 Å². The highest BCUT2D eigenvalue weighted by Crippen LogP contribution is 2.39. The lowest BCUT2D eigenvalue weighted by atomic mass is 9.76. The lowest BCUT2D eigenvalue weighted by Crippen LogP contribution is -2.68. The molecule has 3 aliphatic rings. The quantitative estimate of drug-likeness (QED) is 0.249. The molecule has 0 saturated carbocycles. The Hall–Kier alpha value is -5.41. The molecule has 2 saturated heterocycles. The van der Waals surface area contributed by atoms with Crippen molar-refractivity contribution in [2.24, 2.45) is 5.41 Å². The molecule has 5 heterocycles. The molecule has 0 radical (unpaired) electrons. The van der Waals surface area contributed by atoms with E-state index in [0.29, 0.717) is 36.0 Å². The number of hydrogen-bond acceptors (Lipinski definition) is 8. The Morgan fingerprint density at radius 2 is 1.73 bits per heavy atom. The maximum Gasteiger partial charge on any atom is 0.433 e. The summed E-state index contributed by atoms with van der Waals surface area (Å²) in [5, 5.41) is 9.77. The van der Waals surface area contributed by atoms with Crippen LogP contribution in [0.15, 0.2) is 91.3 Å². The number of carbonyl (C=O) groups excluding carboxylic acids is 3. The van der Waals surface area contributed by atoms with Crippen LogP contribution in [0.1, 0.15) is 41.3 Å². The van der Waals surface area contributed by atoms with E-state index in [-0.39, 0.29) is 18.4 Å². The van der Waals surface area contributed by atoms with Gasteiger partial charge in [0, 0.05) is 61.4 Å². The number of likely N-dealkylation sites (tertiary alicyclic amines) is 1. The van der Waals surface area contributed by atoms with Gasteiger partial charge in [0.05, 0.1) is 25.1 Å². The molecule has 2 unspecified atom stereocenters. The maximum absolute atomic E-state index is 13.0. The number of fused-ring (bicyclic) bond motifs is 1. The van der Waals surface area contributed by atoms with E-state index in [4.69, 9.17) is 4.74 Å². The molecule has 2 aromatic carbocycles. The van der Waals surface area contributed by atoms with Gasteiger partial charge in [0.25, 0.3) is 11.8 Å². The average Bonchev–Trinajstić information content (AvgIpc) is 3.53. The van der Waals surface area contributed by atoms with Crippen LogP contribution in [0.2, 0.25) is 0 Å². The van der Waals surface area contributed by atoms with Crippen LogP contribution in [0.4, 0.5) is 19.0 Å². The van der Waals surface area contributed by atoms with Gasteiger partial charge in [-0.15, -0.1) is 0 Å². The van der Waals surface area contributed by atoms with Crippen molar-refractivity contribution in [3.05, 3.63) is 114 Å². The Morgan fingerprint density at radius 1 is 1.06 bits per heavy atom. The number of benzene rings is 2. The fraction of sp³-hybridized carbons (Fsp3) is 0.351. The van der Waals surface area contributed by atoms with Crippen LogP contribution >= 0.6 is 0 Å². The zero-order valence-corrected chi connectivity index (χ0v) is 28.8. The number of ether oxygens (including phenoxy) is 1. The number of para-hydroxylation sites is 1. The number of anilines is 1. The number of nitrogens with zero attached hydrogens (tertiary/aromatic N) is 6. The predicted octanol–water partition coefficient (Wildman–Crippen LogP) is 3.97. The van der Waals surface area contributed by atoms with Crippen molar-refractivity contribution in [2.75, 3.05) is 37.7 Å². The summed E-state index contributed by atoms with van der Waals surface area (Å²) >= 11 is 0. The van der Waals surface area contributed by atoms with E-state index in [1.807, 2.05) is 60.7 Å². The number of amides is 3. The smallest absolute Gasteiger partial charge is 0.380 e. The monoisotopic (exact) mass is 716 g/mol. The molecule has 15 heteroatoms. The second-order valence-corrected chi connectivity index (χ2v) is 13.1. The number of halogens is 3. The zero-order chi connectivity index (χ0) is 37.0. The van der Waals surface area contributed by atoms with E-state index in [9.17, 15) is 27.6 Å². The summed E-state index contributed by atoms with van der Waals surface area (Å²) in [7, 11) is 0. The molecule has 0 aliphatic carbocycles. The summed E-state index contributed by atoms with van der Waals surface area (Å²) in [6.45, 7) is 12.4. The minimum atomic E-state index is -4.71. The van der Waals surface area contributed by atoms with E-state index in [1.54, 1.807) is 17.8 Å². The number of carbonyl (C=O) groups is 3. The van der Waals surface area contributed by atoms with Gasteiger partial charge in [-0.05, 0) is 37.6 Å². The molecule has 3 aliphatic heterocycles. The Morgan fingerprint density at radius 3 is 2.35 bits per heavy atom. The highest BCUT2D eigenvalue weighted by molar-refractivity contribution is 6.03. The molecule has 7 rings (SSSR count). The molecule has 2 atom stereocenters. The van der Waals surface area contributed by atoms with Crippen molar-refractivity contribution < 1.29 is 32.3 Å². The molecule has 12 nitrogen and oxygen atoms in total. The van der Waals surface area contributed by atoms with Gasteiger partial charge >= 0.3 is 6.18 Å². The first-order chi connectivity index (χ1) is 24.9. The van der Waals surface area contributed by atoms with Gasteiger partial charge in [-0.25, -0.2) is 14.6 Å². The normalized spacial score (nSPS) is 18.2. The molecule has 52 heavy (non-hydrogen) atoms. The summed E-state index contributed by atoms with van der Waals surface area (Å²) in [4.78, 5) is 48.4. The first-order valence-electron chi connectivity index (χ1n) is 16.9. The molecular weight excluding hydrogens is 677 g/mol. The lowest BCUT2D eigenvalue weighted by Gasteiger charge is -2.57. The van der Waals surface area contributed by atoms with E-state index >= 15 is 0 Å².